The van der Waals surface area contributed by atoms with Crippen LogP contribution in [0, 0.1) is 29.9 Å². The number of aliphatic hydroxyl groups is 2. The van der Waals surface area contributed by atoms with Gasteiger partial charge in [-0.1, -0.05) is 6.07 Å². The molecule has 0 saturated carbocycles. The Hall–Kier alpha value is -3.06. The summed E-state index contributed by atoms with van der Waals surface area (Å²) in [6.07, 6.45) is -1.21. The van der Waals surface area contributed by atoms with Gasteiger partial charge in [-0.3, -0.25) is 9.63 Å². The van der Waals surface area contributed by atoms with Crippen molar-refractivity contribution in [3.63, 3.8) is 0 Å². The Labute approximate surface area is 153 Å². The lowest BCUT2D eigenvalue weighted by Crippen LogP contribution is -2.30. The lowest BCUT2D eigenvalue weighted by atomic mass is 10.1. The van der Waals surface area contributed by atoms with Crippen LogP contribution < -0.4 is 10.8 Å². The molecule has 0 fully saturated rings. The Morgan fingerprint density at radius 1 is 1.33 bits per heavy atom. The van der Waals surface area contributed by atoms with Crippen molar-refractivity contribution in [2.45, 2.75) is 13.0 Å². The summed E-state index contributed by atoms with van der Waals surface area (Å²) in [4.78, 5) is 17.0. The molecule has 0 aliphatic heterocycles. The van der Waals surface area contributed by atoms with Crippen LogP contribution in [-0.2, 0) is 4.84 Å². The van der Waals surface area contributed by atoms with E-state index in [1.54, 1.807) is 19.1 Å². The van der Waals surface area contributed by atoms with Crippen LogP contribution in [0.4, 0.5) is 20.2 Å². The minimum absolute atomic E-state index is 0.0831. The molecule has 9 heteroatoms. The number of carbonyl (C=O) groups is 1. The van der Waals surface area contributed by atoms with E-state index >= 15 is 0 Å². The van der Waals surface area contributed by atoms with Gasteiger partial charge in [-0.2, -0.15) is 5.26 Å². The monoisotopic (exact) mass is 377 g/mol. The number of benzene rings is 2. The predicted octanol–water partition coefficient (Wildman–Crippen LogP) is 1.90. The Bertz CT molecular complexity index is 884. The summed E-state index contributed by atoms with van der Waals surface area (Å²) in [7, 11) is 0. The lowest BCUT2D eigenvalue weighted by molar-refractivity contribution is -0.0295. The molecule has 2 aromatic rings. The van der Waals surface area contributed by atoms with Gasteiger partial charge >= 0.3 is 0 Å². The normalized spacial score (nSPS) is 11.6. The highest BCUT2D eigenvalue weighted by molar-refractivity contribution is 6.00. The van der Waals surface area contributed by atoms with Gasteiger partial charge in [0.15, 0.2) is 5.82 Å². The van der Waals surface area contributed by atoms with Gasteiger partial charge in [0.2, 0.25) is 0 Å². The van der Waals surface area contributed by atoms with E-state index in [9.17, 15) is 18.7 Å². The highest BCUT2D eigenvalue weighted by atomic mass is 19.1. The van der Waals surface area contributed by atoms with Gasteiger partial charge in [0.1, 0.15) is 24.6 Å². The molecular weight excluding hydrogens is 360 g/mol. The van der Waals surface area contributed by atoms with Crippen molar-refractivity contribution in [1.82, 2.24) is 5.48 Å². The molecule has 0 radical (unpaired) electrons. The molecule has 0 aliphatic rings. The summed E-state index contributed by atoms with van der Waals surface area (Å²) in [6, 6.07) is 8.12. The second-order valence-corrected chi connectivity index (χ2v) is 5.65. The van der Waals surface area contributed by atoms with Gasteiger partial charge in [0.05, 0.1) is 29.1 Å². The number of amides is 1. The molecule has 2 rings (SSSR count). The van der Waals surface area contributed by atoms with E-state index in [1.807, 2.05) is 5.48 Å². The first-order valence-corrected chi connectivity index (χ1v) is 7.84. The number of aliphatic hydroxyl groups excluding tert-OH is 2. The van der Waals surface area contributed by atoms with Gasteiger partial charge < -0.3 is 15.5 Å². The van der Waals surface area contributed by atoms with Crippen LogP contribution in [-0.4, -0.2) is 35.4 Å². The first-order chi connectivity index (χ1) is 12.9. The van der Waals surface area contributed by atoms with Crippen LogP contribution >= 0.6 is 0 Å². The standard InChI is InChI=1S/C18H17F2N3O4/c1-10-2-5-15(14(19)6-10)22-17-13(4-3-11(7-21)16(17)20)18(26)23-27-9-12(25)8-24/h2-6,12,22,24-25H,8-9H2,1H3,(H,23,26). The van der Waals surface area contributed by atoms with Gasteiger partial charge in [-0.05, 0) is 36.8 Å². The molecule has 0 aromatic heterocycles. The van der Waals surface area contributed by atoms with E-state index in [4.69, 9.17) is 15.2 Å². The molecule has 0 aliphatic carbocycles. The maximum Gasteiger partial charge on any atom is 0.277 e. The number of hydroxylamine groups is 1. The van der Waals surface area contributed by atoms with Crippen molar-refractivity contribution in [3.05, 3.63) is 58.7 Å². The second kappa shape index (κ2) is 9.05. The SMILES string of the molecule is Cc1ccc(Nc2c(C(=O)NOCC(O)CO)ccc(C#N)c2F)c(F)c1. The number of anilines is 2. The molecule has 0 saturated heterocycles. The van der Waals surface area contributed by atoms with Crippen molar-refractivity contribution < 1.29 is 28.6 Å². The van der Waals surface area contributed by atoms with Crippen molar-refractivity contribution in [1.29, 1.82) is 5.26 Å². The van der Waals surface area contributed by atoms with Crippen molar-refractivity contribution in [2.24, 2.45) is 0 Å². The molecule has 142 valence electrons. The third kappa shape index (κ3) is 4.98. The van der Waals surface area contributed by atoms with Gasteiger partial charge in [-0.15, -0.1) is 0 Å². The molecule has 1 atom stereocenters. The summed E-state index contributed by atoms with van der Waals surface area (Å²) in [6.45, 7) is 0.720. The van der Waals surface area contributed by atoms with E-state index < -0.39 is 42.5 Å². The highest BCUT2D eigenvalue weighted by Crippen LogP contribution is 2.28. The van der Waals surface area contributed by atoms with E-state index in [0.29, 0.717) is 5.56 Å². The minimum Gasteiger partial charge on any atom is -0.394 e. The third-order valence-electron chi connectivity index (χ3n) is 3.54. The predicted molar refractivity (Wildman–Crippen MR) is 92.0 cm³/mol. The van der Waals surface area contributed by atoms with Crippen LogP contribution in [0.3, 0.4) is 0 Å². The zero-order valence-corrected chi connectivity index (χ0v) is 14.3. The number of nitrogens with zero attached hydrogens (tertiary/aromatic N) is 1. The Morgan fingerprint density at radius 2 is 2.07 bits per heavy atom. The van der Waals surface area contributed by atoms with E-state index in [1.165, 1.54) is 18.2 Å². The zero-order valence-electron chi connectivity index (χ0n) is 14.3. The molecule has 0 bridgehead atoms. The average molecular weight is 377 g/mol. The fourth-order valence-electron chi connectivity index (χ4n) is 2.14. The number of rotatable bonds is 7. The Balaban J connectivity index is 2.33. The molecule has 1 amide bonds. The zero-order chi connectivity index (χ0) is 20.0. The van der Waals surface area contributed by atoms with Gasteiger partial charge in [0.25, 0.3) is 5.91 Å². The van der Waals surface area contributed by atoms with Crippen LogP contribution in [0.2, 0.25) is 0 Å². The van der Waals surface area contributed by atoms with Crippen LogP contribution in [0.1, 0.15) is 21.5 Å². The summed E-state index contributed by atoms with van der Waals surface area (Å²) in [5.41, 5.74) is 1.57. The third-order valence-corrected chi connectivity index (χ3v) is 3.54. The van der Waals surface area contributed by atoms with Gasteiger partial charge in [-0.25, -0.2) is 14.3 Å². The first-order valence-electron chi connectivity index (χ1n) is 7.84. The smallest absolute Gasteiger partial charge is 0.277 e. The molecule has 27 heavy (non-hydrogen) atoms. The number of nitrogens with one attached hydrogen (secondary N) is 2. The van der Waals surface area contributed by atoms with Crippen molar-refractivity contribution in [3.8, 4) is 6.07 Å². The fourth-order valence-corrected chi connectivity index (χ4v) is 2.14. The Morgan fingerprint density at radius 3 is 2.70 bits per heavy atom. The van der Waals surface area contributed by atoms with Crippen molar-refractivity contribution in [2.75, 3.05) is 18.5 Å². The molecule has 7 nitrogen and oxygen atoms in total. The average Bonchev–Trinajstić information content (AvgIpc) is 2.64. The molecule has 1 unspecified atom stereocenters. The molecule has 2 aromatic carbocycles. The minimum atomic E-state index is -1.21. The van der Waals surface area contributed by atoms with Crippen LogP contribution in [0.15, 0.2) is 30.3 Å². The molecule has 0 spiro atoms. The van der Waals surface area contributed by atoms with E-state index in [2.05, 4.69) is 5.32 Å². The molecule has 0 heterocycles. The van der Waals surface area contributed by atoms with Crippen LogP contribution in [0.5, 0.6) is 0 Å². The maximum absolute atomic E-state index is 14.6. The maximum atomic E-state index is 14.6. The fraction of sp³-hybridized carbons (Fsp3) is 0.222. The quantitative estimate of drug-likeness (QED) is 0.548. The number of aryl methyl sites for hydroxylation is 1. The summed E-state index contributed by atoms with van der Waals surface area (Å²) in [5, 5.41) is 29.4. The number of nitriles is 1. The van der Waals surface area contributed by atoms with E-state index in [0.717, 1.165) is 6.07 Å². The number of halogens is 2. The second-order valence-electron chi connectivity index (χ2n) is 5.65. The summed E-state index contributed by atoms with van der Waals surface area (Å²) >= 11 is 0. The summed E-state index contributed by atoms with van der Waals surface area (Å²) < 4.78 is 28.7. The van der Waals surface area contributed by atoms with Crippen LogP contribution in [0.25, 0.3) is 0 Å². The van der Waals surface area contributed by atoms with Crippen molar-refractivity contribution >= 4 is 17.3 Å². The number of hydrogen-bond donors (Lipinski definition) is 4. The Kier molecular flexibility index (Phi) is 6.79. The largest absolute Gasteiger partial charge is 0.394 e. The molecular formula is C18H17F2N3O4. The van der Waals surface area contributed by atoms with E-state index in [-0.39, 0.29) is 16.8 Å². The molecule has 4 N–H and O–H groups in total. The summed E-state index contributed by atoms with van der Waals surface area (Å²) in [5.74, 6) is -2.58. The highest BCUT2D eigenvalue weighted by Gasteiger charge is 2.20. The first kappa shape index (κ1) is 20.3. The topological polar surface area (TPSA) is 115 Å². The lowest BCUT2D eigenvalue weighted by Gasteiger charge is -2.15. The van der Waals surface area contributed by atoms with Gasteiger partial charge in [0, 0.05) is 0 Å². The number of hydrogen-bond acceptors (Lipinski definition) is 6. The number of carbonyl (C=O) groups excluding carboxylic acids is 1.